The Balaban J connectivity index is 2.96. The summed E-state index contributed by atoms with van der Waals surface area (Å²) >= 11 is 6.68. The van der Waals surface area contributed by atoms with Gasteiger partial charge in [0.2, 0.25) is 0 Å². The van der Waals surface area contributed by atoms with Crippen molar-refractivity contribution in [3.63, 3.8) is 0 Å². The van der Waals surface area contributed by atoms with Gasteiger partial charge < -0.3 is 9.47 Å². The fraction of sp³-hybridized carbons (Fsp3) is 0.846. The third kappa shape index (κ3) is 3.72. The van der Waals surface area contributed by atoms with Gasteiger partial charge in [0, 0.05) is 6.42 Å². The molecule has 1 aliphatic carbocycles. The highest BCUT2D eigenvalue weighted by atomic mass is 79.9. The summed E-state index contributed by atoms with van der Waals surface area (Å²) in [5.74, 6) is -1.13. The quantitative estimate of drug-likeness (QED) is 0.404. The number of ether oxygens (including phenoxy) is 2. The molecule has 0 aliphatic heterocycles. The molecule has 0 bridgehead atoms. The molecule has 110 valence electrons. The van der Waals surface area contributed by atoms with E-state index in [1.165, 1.54) is 0 Å². The summed E-state index contributed by atoms with van der Waals surface area (Å²) in [4.78, 5) is 24.6. The van der Waals surface area contributed by atoms with Crippen molar-refractivity contribution in [2.45, 2.75) is 62.4 Å². The minimum Gasteiger partial charge on any atom is -0.459 e. The number of hydrogen-bond donors (Lipinski definition) is 0. The maximum absolute atomic E-state index is 12.3. The van der Waals surface area contributed by atoms with E-state index in [1.807, 2.05) is 0 Å². The van der Waals surface area contributed by atoms with Crippen LogP contribution >= 0.6 is 31.9 Å². The fourth-order valence-electron chi connectivity index (χ4n) is 1.55. The van der Waals surface area contributed by atoms with Crippen molar-refractivity contribution in [1.29, 1.82) is 0 Å². The van der Waals surface area contributed by atoms with E-state index in [0.29, 0.717) is 6.42 Å². The molecule has 0 aromatic rings. The second-order valence-corrected chi connectivity index (χ2v) is 10.6. The van der Waals surface area contributed by atoms with Gasteiger partial charge in [0.25, 0.3) is 0 Å². The molecule has 4 nitrogen and oxygen atoms in total. The standard InChI is InChI=1S/C13H20Br2O4/c1-10(2,3)18-8(16)12(7-13(12,14)15)9(17)19-11(4,5)6/h7H2,1-6H3. The first-order valence-corrected chi connectivity index (χ1v) is 7.65. The Morgan fingerprint density at radius 2 is 1.16 bits per heavy atom. The number of carbonyl (C=O) groups is 2. The second kappa shape index (κ2) is 4.72. The average molecular weight is 400 g/mol. The van der Waals surface area contributed by atoms with Crippen LogP contribution in [0.4, 0.5) is 0 Å². The molecule has 19 heavy (non-hydrogen) atoms. The summed E-state index contributed by atoms with van der Waals surface area (Å²) < 4.78 is 9.89. The minimum absolute atomic E-state index is 0.309. The SMILES string of the molecule is CC(C)(C)OC(=O)C1(C(=O)OC(C)(C)C)CC1(Br)Br. The van der Waals surface area contributed by atoms with Gasteiger partial charge in [0.1, 0.15) is 14.4 Å². The second-order valence-electron chi connectivity index (χ2n) is 6.79. The van der Waals surface area contributed by atoms with E-state index in [1.54, 1.807) is 41.5 Å². The normalized spacial score (nSPS) is 20.6. The molecule has 0 aromatic heterocycles. The van der Waals surface area contributed by atoms with Gasteiger partial charge in [0.15, 0.2) is 5.41 Å². The van der Waals surface area contributed by atoms with Crippen molar-refractivity contribution in [2.75, 3.05) is 0 Å². The predicted molar refractivity (Wildman–Crippen MR) is 79.3 cm³/mol. The van der Waals surface area contributed by atoms with Gasteiger partial charge in [-0.25, -0.2) is 0 Å². The molecule has 1 saturated carbocycles. The number of carbonyl (C=O) groups excluding carboxylic acids is 2. The first kappa shape index (κ1) is 17.0. The number of alkyl halides is 2. The lowest BCUT2D eigenvalue weighted by Crippen LogP contribution is -2.41. The van der Waals surface area contributed by atoms with Gasteiger partial charge >= 0.3 is 11.9 Å². The van der Waals surface area contributed by atoms with Crippen molar-refractivity contribution in [3.05, 3.63) is 0 Å². The molecule has 1 aliphatic rings. The summed E-state index contributed by atoms with van der Waals surface area (Å²) in [7, 11) is 0. The lowest BCUT2D eigenvalue weighted by Gasteiger charge is -2.27. The van der Waals surface area contributed by atoms with E-state index in [-0.39, 0.29) is 0 Å². The minimum atomic E-state index is -1.31. The first-order chi connectivity index (χ1) is 8.21. The van der Waals surface area contributed by atoms with Crippen molar-refractivity contribution in [3.8, 4) is 0 Å². The van der Waals surface area contributed by atoms with Crippen molar-refractivity contribution in [1.82, 2.24) is 0 Å². The van der Waals surface area contributed by atoms with Crippen LogP contribution < -0.4 is 0 Å². The van der Waals surface area contributed by atoms with E-state index < -0.39 is 31.8 Å². The van der Waals surface area contributed by atoms with Gasteiger partial charge in [-0.1, -0.05) is 31.9 Å². The van der Waals surface area contributed by atoms with Crippen LogP contribution in [0.5, 0.6) is 0 Å². The van der Waals surface area contributed by atoms with Crippen LogP contribution in [-0.2, 0) is 19.1 Å². The van der Waals surface area contributed by atoms with Crippen LogP contribution in [0.15, 0.2) is 0 Å². The molecule has 0 unspecified atom stereocenters. The van der Waals surface area contributed by atoms with Crippen LogP contribution in [0, 0.1) is 5.41 Å². The monoisotopic (exact) mass is 398 g/mol. The van der Waals surface area contributed by atoms with Gasteiger partial charge in [-0.05, 0) is 41.5 Å². The number of rotatable bonds is 2. The van der Waals surface area contributed by atoms with Gasteiger partial charge in [-0.2, -0.15) is 0 Å². The third-order valence-electron chi connectivity index (χ3n) is 2.48. The molecule has 0 spiro atoms. The van der Waals surface area contributed by atoms with Crippen LogP contribution in [0.3, 0.4) is 0 Å². The highest BCUT2D eigenvalue weighted by molar-refractivity contribution is 9.25. The van der Waals surface area contributed by atoms with Crippen molar-refractivity contribution < 1.29 is 19.1 Å². The first-order valence-electron chi connectivity index (χ1n) is 6.06. The van der Waals surface area contributed by atoms with Gasteiger partial charge in [-0.15, -0.1) is 0 Å². The Bertz CT molecular complexity index is 374. The van der Waals surface area contributed by atoms with E-state index >= 15 is 0 Å². The summed E-state index contributed by atoms with van der Waals surface area (Å²) in [6, 6.07) is 0. The zero-order valence-corrected chi connectivity index (χ0v) is 15.3. The van der Waals surface area contributed by atoms with Crippen LogP contribution in [0.2, 0.25) is 0 Å². The Labute approximate surface area is 130 Å². The zero-order chi connectivity index (χ0) is 15.3. The highest BCUT2D eigenvalue weighted by Gasteiger charge is 2.78. The van der Waals surface area contributed by atoms with Gasteiger partial charge in [0.05, 0.1) is 0 Å². The fourth-order valence-corrected chi connectivity index (χ4v) is 3.03. The molecule has 1 rings (SSSR count). The highest BCUT2D eigenvalue weighted by Crippen LogP contribution is 2.68. The topological polar surface area (TPSA) is 52.6 Å². The summed E-state index contributed by atoms with van der Waals surface area (Å²) in [5.41, 5.74) is -2.61. The smallest absolute Gasteiger partial charge is 0.326 e. The number of halogens is 2. The molecule has 0 radical (unpaired) electrons. The maximum atomic E-state index is 12.3. The van der Waals surface area contributed by atoms with Crippen molar-refractivity contribution in [2.24, 2.45) is 5.41 Å². The van der Waals surface area contributed by atoms with Gasteiger partial charge in [-0.3, -0.25) is 9.59 Å². The Morgan fingerprint density at radius 3 is 1.32 bits per heavy atom. The largest absolute Gasteiger partial charge is 0.459 e. The maximum Gasteiger partial charge on any atom is 0.326 e. The van der Waals surface area contributed by atoms with E-state index in [4.69, 9.17) is 9.47 Å². The molecule has 0 saturated heterocycles. The summed E-state index contributed by atoms with van der Waals surface area (Å²) in [6.07, 6.45) is 0.309. The Kier molecular flexibility index (Phi) is 4.21. The number of esters is 2. The molecule has 0 atom stereocenters. The van der Waals surface area contributed by atoms with Crippen LogP contribution in [0.1, 0.15) is 48.0 Å². The van der Waals surface area contributed by atoms with E-state index in [9.17, 15) is 9.59 Å². The lowest BCUT2D eigenvalue weighted by atomic mass is 10.1. The molecule has 0 N–H and O–H groups in total. The Hall–Kier alpha value is -0.100. The summed E-state index contributed by atoms with van der Waals surface area (Å²) in [6.45, 7) is 10.6. The molecule has 0 aromatic carbocycles. The zero-order valence-electron chi connectivity index (χ0n) is 12.1. The van der Waals surface area contributed by atoms with Crippen LogP contribution in [-0.4, -0.2) is 26.4 Å². The molecule has 0 amide bonds. The molecule has 1 fully saturated rings. The van der Waals surface area contributed by atoms with E-state index in [2.05, 4.69) is 31.9 Å². The molecule has 6 heteroatoms. The molecular weight excluding hydrogens is 380 g/mol. The lowest BCUT2D eigenvalue weighted by molar-refractivity contribution is -0.176. The third-order valence-corrected chi connectivity index (χ3v) is 4.40. The summed E-state index contributed by atoms with van der Waals surface area (Å²) in [5, 5.41) is 0. The van der Waals surface area contributed by atoms with Crippen LogP contribution in [0.25, 0.3) is 0 Å². The average Bonchev–Trinajstić information content (AvgIpc) is 2.64. The van der Waals surface area contributed by atoms with Crippen molar-refractivity contribution >= 4 is 43.8 Å². The Morgan fingerprint density at radius 1 is 0.895 bits per heavy atom. The predicted octanol–water partition coefficient (Wildman–Crippen LogP) is 3.55. The number of hydrogen-bond acceptors (Lipinski definition) is 4. The van der Waals surface area contributed by atoms with E-state index in [0.717, 1.165) is 0 Å². The molecule has 0 heterocycles. The molecular formula is C13H20Br2O4.